The Hall–Kier alpha value is -2.73. The molecule has 24 heavy (non-hydrogen) atoms. The monoisotopic (exact) mass is 328 g/mol. The standard InChI is InChI=1S/C18H17FN2O3/c1-24-10-9-21-11-12-5-4-6-13(16(12)18(21)23)17(22)20-15-8-3-2-7-14(15)19/h2-8H,9-11H2,1H3,(H,20,22). The second-order valence-corrected chi connectivity index (χ2v) is 5.49. The zero-order valence-corrected chi connectivity index (χ0v) is 13.2. The van der Waals surface area contributed by atoms with E-state index in [2.05, 4.69) is 5.32 Å². The van der Waals surface area contributed by atoms with Gasteiger partial charge in [-0.2, -0.15) is 0 Å². The van der Waals surface area contributed by atoms with Crippen LogP contribution < -0.4 is 5.32 Å². The summed E-state index contributed by atoms with van der Waals surface area (Å²) >= 11 is 0. The summed E-state index contributed by atoms with van der Waals surface area (Å²) < 4.78 is 18.7. The fourth-order valence-electron chi connectivity index (χ4n) is 2.74. The number of anilines is 1. The normalized spacial score (nSPS) is 13.1. The first-order valence-corrected chi connectivity index (χ1v) is 7.58. The first kappa shape index (κ1) is 16.1. The number of fused-ring (bicyclic) bond motifs is 1. The van der Waals surface area contributed by atoms with Gasteiger partial charge >= 0.3 is 0 Å². The third-order valence-electron chi connectivity index (χ3n) is 3.95. The van der Waals surface area contributed by atoms with Crippen molar-refractivity contribution in [2.75, 3.05) is 25.6 Å². The molecule has 0 saturated carbocycles. The third kappa shape index (κ3) is 3.00. The summed E-state index contributed by atoms with van der Waals surface area (Å²) in [6.45, 7) is 1.33. The fraction of sp³-hybridized carbons (Fsp3) is 0.222. The average molecular weight is 328 g/mol. The van der Waals surface area contributed by atoms with E-state index in [0.717, 1.165) is 5.56 Å². The molecule has 0 radical (unpaired) electrons. The highest BCUT2D eigenvalue weighted by Crippen LogP contribution is 2.26. The van der Waals surface area contributed by atoms with Crippen molar-refractivity contribution >= 4 is 17.5 Å². The van der Waals surface area contributed by atoms with E-state index >= 15 is 0 Å². The van der Waals surface area contributed by atoms with Crippen molar-refractivity contribution in [1.29, 1.82) is 0 Å². The van der Waals surface area contributed by atoms with Crippen LogP contribution in [0.2, 0.25) is 0 Å². The second kappa shape index (κ2) is 6.80. The van der Waals surface area contributed by atoms with Crippen LogP contribution >= 0.6 is 0 Å². The minimum atomic E-state index is -0.522. The molecule has 1 aliphatic heterocycles. The van der Waals surface area contributed by atoms with Crippen LogP contribution in [-0.4, -0.2) is 37.0 Å². The van der Waals surface area contributed by atoms with Crippen LogP contribution in [0.5, 0.6) is 0 Å². The highest BCUT2D eigenvalue weighted by atomic mass is 19.1. The summed E-state index contributed by atoms with van der Waals surface area (Å²) in [4.78, 5) is 26.7. The largest absolute Gasteiger partial charge is 0.383 e. The van der Waals surface area contributed by atoms with E-state index in [9.17, 15) is 14.0 Å². The van der Waals surface area contributed by atoms with Crippen LogP contribution in [0.4, 0.5) is 10.1 Å². The molecule has 0 bridgehead atoms. The first-order chi connectivity index (χ1) is 11.6. The van der Waals surface area contributed by atoms with E-state index in [-0.39, 0.29) is 17.2 Å². The van der Waals surface area contributed by atoms with Crippen molar-refractivity contribution in [2.24, 2.45) is 0 Å². The lowest BCUT2D eigenvalue weighted by atomic mass is 10.0. The number of ether oxygens (including phenoxy) is 1. The molecule has 0 spiro atoms. The Morgan fingerprint density at radius 1 is 1.25 bits per heavy atom. The molecule has 3 rings (SSSR count). The Morgan fingerprint density at radius 2 is 2.04 bits per heavy atom. The molecular formula is C18H17FN2O3. The molecule has 1 aliphatic rings. The quantitative estimate of drug-likeness (QED) is 0.918. The number of para-hydroxylation sites is 1. The predicted octanol–water partition coefficient (Wildman–Crippen LogP) is 2.68. The Balaban J connectivity index is 1.87. The molecule has 0 aliphatic carbocycles. The molecule has 0 fully saturated rings. The van der Waals surface area contributed by atoms with Crippen molar-refractivity contribution < 1.29 is 18.7 Å². The molecule has 0 saturated heterocycles. The maximum atomic E-state index is 13.7. The van der Waals surface area contributed by atoms with Crippen LogP contribution in [0.3, 0.4) is 0 Å². The first-order valence-electron chi connectivity index (χ1n) is 7.58. The lowest BCUT2D eigenvalue weighted by Gasteiger charge is -2.14. The van der Waals surface area contributed by atoms with Gasteiger partial charge in [-0.3, -0.25) is 9.59 Å². The number of rotatable bonds is 5. The molecule has 2 aromatic carbocycles. The number of halogens is 1. The minimum absolute atomic E-state index is 0.0850. The Bertz CT molecular complexity index is 792. The number of nitrogens with zero attached hydrogens (tertiary/aromatic N) is 1. The molecule has 1 heterocycles. The van der Waals surface area contributed by atoms with E-state index in [1.807, 2.05) is 6.07 Å². The number of nitrogens with one attached hydrogen (secondary N) is 1. The van der Waals surface area contributed by atoms with Gasteiger partial charge in [0.2, 0.25) is 0 Å². The lowest BCUT2D eigenvalue weighted by molar-refractivity contribution is 0.0716. The summed E-state index contributed by atoms with van der Waals surface area (Å²) in [5, 5.41) is 2.53. The van der Waals surface area contributed by atoms with Gasteiger partial charge in [0.05, 0.1) is 23.4 Å². The van der Waals surface area contributed by atoms with Crippen LogP contribution in [0, 0.1) is 5.82 Å². The number of benzene rings is 2. The summed E-state index contributed by atoms with van der Waals surface area (Å²) in [7, 11) is 1.57. The summed E-state index contributed by atoms with van der Waals surface area (Å²) in [6, 6.07) is 11.0. The van der Waals surface area contributed by atoms with Gasteiger partial charge in [0, 0.05) is 20.2 Å². The van der Waals surface area contributed by atoms with Crippen molar-refractivity contribution in [1.82, 2.24) is 4.90 Å². The molecule has 0 atom stereocenters. The molecule has 1 N–H and O–H groups in total. The summed E-state index contributed by atoms with van der Waals surface area (Å²) in [5.74, 6) is -1.23. The highest BCUT2D eigenvalue weighted by Gasteiger charge is 2.31. The summed E-state index contributed by atoms with van der Waals surface area (Å²) in [5.41, 5.74) is 1.50. The molecule has 0 aromatic heterocycles. The van der Waals surface area contributed by atoms with Crippen molar-refractivity contribution in [3.8, 4) is 0 Å². The predicted molar refractivity (Wildman–Crippen MR) is 87.4 cm³/mol. The third-order valence-corrected chi connectivity index (χ3v) is 3.95. The molecular weight excluding hydrogens is 311 g/mol. The van der Waals surface area contributed by atoms with Crippen LogP contribution in [0.1, 0.15) is 26.3 Å². The minimum Gasteiger partial charge on any atom is -0.383 e. The molecule has 5 nitrogen and oxygen atoms in total. The van der Waals surface area contributed by atoms with Crippen molar-refractivity contribution in [3.05, 3.63) is 65.0 Å². The van der Waals surface area contributed by atoms with Crippen LogP contribution in [-0.2, 0) is 11.3 Å². The molecule has 0 unspecified atom stereocenters. The van der Waals surface area contributed by atoms with Crippen molar-refractivity contribution in [3.63, 3.8) is 0 Å². The summed E-state index contributed by atoms with van der Waals surface area (Å²) in [6.07, 6.45) is 0. The van der Waals surface area contributed by atoms with Gasteiger partial charge in [0.15, 0.2) is 0 Å². The number of methoxy groups -OCH3 is 1. The number of carbonyl (C=O) groups excluding carboxylic acids is 2. The van der Waals surface area contributed by atoms with Gasteiger partial charge in [-0.25, -0.2) is 4.39 Å². The van der Waals surface area contributed by atoms with Gasteiger partial charge in [-0.15, -0.1) is 0 Å². The zero-order valence-electron chi connectivity index (χ0n) is 13.2. The van der Waals surface area contributed by atoms with E-state index in [1.54, 1.807) is 36.3 Å². The molecule has 2 aromatic rings. The van der Waals surface area contributed by atoms with Crippen molar-refractivity contribution in [2.45, 2.75) is 6.54 Å². The Labute approximate surface area is 139 Å². The van der Waals surface area contributed by atoms with Gasteiger partial charge in [-0.05, 0) is 23.8 Å². The number of hydrogen-bond acceptors (Lipinski definition) is 3. The van der Waals surface area contributed by atoms with E-state index in [4.69, 9.17) is 4.74 Å². The smallest absolute Gasteiger partial charge is 0.256 e. The molecule has 6 heteroatoms. The van der Waals surface area contributed by atoms with E-state index < -0.39 is 11.7 Å². The van der Waals surface area contributed by atoms with E-state index in [0.29, 0.717) is 25.3 Å². The number of amides is 2. The second-order valence-electron chi connectivity index (χ2n) is 5.49. The van der Waals surface area contributed by atoms with Crippen LogP contribution in [0.15, 0.2) is 42.5 Å². The Morgan fingerprint density at radius 3 is 2.79 bits per heavy atom. The molecule has 2 amide bonds. The van der Waals surface area contributed by atoms with Gasteiger partial charge in [0.1, 0.15) is 5.82 Å². The van der Waals surface area contributed by atoms with Gasteiger partial charge in [-0.1, -0.05) is 24.3 Å². The average Bonchev–Trinajstić information content (AvgIpc) is 2.91. The van der Waals surface area contributed by atoms with Gasteiger partial charge < -0.3 is 15.0 Å². The lowest BCUT2D eigenvalue weighted by Crippen LogP contribution is -2.28. The fourth-order valence-corrected chi connectivity index (χ4v) is 2.74. The maximum absolute atomic E-state index is 13.7. The van der Waals surface area contributed by atoms with Crippen LogP contribution in [0.25, 0.3) is 0 Å². The van der Waals surface area contributed by atoms with E-state index in [1.165, 1.54) is 12.1 Å². The number of hydrogen-bond donors (Lipinski definition) is 1. The van der Waals surface area contributed by atoms with Gasteiger partial charge in [0.25, 0.3) is 11.8 Å². The maximum Gasteiger partial charge on any atom is 0.256 e. The zero-order chi connectivity index (χ0) is 17.1. The molecule has 124 valence electrons. The Kier molecular flexibility index (Phi) is 4.57. The SMILES string of the molecule is COCCN1Cc2cccc(C(=O)Nc3ccccc3F)c2C1=O. The topological polar surface area (TPSA) is 58.6 Å². The highest BCUT2D eigenvalue weighted by molar-refractivity contribution is 6.13. The number of carbonyl (C=O) groups is 2.